The number of carboxylic acid groups (broad SMARTS) is 1. The molecule has 0 radical (unpaired) electrons. The summed E-state index contributed by atoms with van der Waals surface area (Å²) in [5, 5.41) is 20.5. The summed E-state index contributed by atoms with van der Waals surface area (Å²) >= 11 is 0. The highest BCUT2D eigenvalue weighted by Gasteiger charge is 2.48. The van der Waals surface area contributed by atoms with Crippen LogP contribution in [0, 0.1) is 11.8 Å². The molecule has 3 atom stereocenters. The molecule has 1 saturated carbocycles. The molecular weight excluding hydrogens is 214 g/mol. The van der Waals surface area contributed by atoms with E-state index in [1.54, 1.807) is 0 Å². The Balaban J connectivity index is 2.10. The summed E-state index contributed by atoms with van der Waals surface area (Å²) in [6.07, 6.45) is 0.228. The van der Waals surface area contributed by atoms with Gasteiger partial charge in [-0.2, -0.15) is 0 Å². The maximum Gasteiger partial charge on any atom is 0.307 e. The van der Waals surface area contributed by atoms with Crippen molar-refractivity contribution < 1.29 is 24.5 Å². The predicted octanol–water partition coefficient (Wildman–Crippen LogP) is -0.779. The minimum Gasteiger partial charge on any atom is -0.481 e. The number of carbonyl (C=O) groups excluding carboxylic acids is 1. The second-order valence-electron chi connectivity index (χ2n) is 3.98. The van der Waals surface area contributed by atoms with Crippen LogP contribution in [0.4, 0.5) is 0 Å². The molecule has 1 fully saturated rings. The van der Waals surface area contributed by atoms with E-state index in [1.165, 1.54) is 7.11 Å². The quantitative estimate of drug-likeness (QED) is 0.534. The summed E-state index contributed by atoms with van der Waals surface area (Å²) in [7, 11) is 1.49. The molecule has 0 heterocycles. The minimum atomic E-state index is -0.917. The molecule has 0 bridgehead atoms. The van der Waals surface area contributed by atoms with Crippen molar-refractivity contribution in [2.24, 2.45) is 11.8 Å². The van der Waals surface area contributed by atoms with Crippen LogP contribution >= 0.6 is 0 Å². The van der Waals surface area contributed by atoms with Crippen LogP contribution in [0.3, 0.4) is 0 Å². The number of carbonyl (C=O) groups is 2. The van der Waals surface area contributed by atoms with Gasteiger partial charge in [0.2, 0.25) is 5.91 Å². The average molecular weight is 231 g/mol. The first-order chi connectivity index (χ1) is 7.56. The molecule has 0 aromatic carbocycles. The Morgan fingerprint density at radius 1 is 1.50 bits per heavy atom. The smallest absolute Gasteiger partial charge is 0.307 e. The van der Waals surface area contributed by atoms with Crippen molar-refractivity contribution in [2.75, 3.05) is 20.3 Å². The van der Waals surface area contributed by atoms with Gasteiger partial charge < -0.3 is 20.3 Å². The van der Waals surface area contributed by atoms with Gasteiger partial charge in [-0.1, -0.05) is 0 Å². The maximum atomic E-state index is 11.4. The number of ether oxygens (including phenoxy) is 1. The van der Waals surface area contributed by atoms with Gasteiger partial charge in [-0.15, -0.1) is 0 Å². The molecule has 0 aliphatic heterocycles. The molecule has 3 N–H and O–H groups in total. The van der Waals surface area contributed by atoms with Crippen LogP contribution in [0.2, 0.25) is 0 Å². The first kappa shape index (κ1) is 12.9. The molecule has 1 aliphatic carbocycles. The lowest BCUT2D eigenvalue weighted by molar-refractivity contribution is -0.140. The summed E-state index contributed by atoms with van der Waals surface area (Å²) in [6.45, 7) is 0.573. The molecular formula is C10H17NO5. The van der Waals surface area contributed by atoms with Crippen molar-refractivity contribution in [3.05, 3.63) is 0 Å². The summed E-state index contributed by atoms with van der Waals surface area (Å²) in [5.74, 6) is -2.07. The molecule has 6 nitrogen and oxygen atoms in total. The van der Waals surface area contributed by atoms with E-state index in [2.05, 4.69) is 5.32 Å². The number of aliphatic hydroxyl groups is 1. The lowest BCUT2D eigenvalue weighted by Crippen LogP contribution is -2.30. The van der Waals surface area contributed by atoms with Gasteiger partial charge in [0.05, 0.1) is 24.5 Å². The Hall–Kier alpha value is -1.14. The molecule has 0 aromatic heterocycles. The summed E-state index contributed by atoms with van der Waals surface area (Å²) < 4.78 is 4.73. The normalized spacial score (nSPS) is 24.9. The van der Waals surface area contributed by atoms with Gasteiger partial charge in [0.15, 0.2) is 0 Å². The van der Waals surface area contributed by atoms with Crippen LogP contribution < -0.4 is 5.32 Å². The largest absolute Gasteiger partial charge is 0.481 e. The molecule has 1 rings (SSSR count). The van der Waals surface area contributed by atoms with Crippen molar-refractivity contribution in [1.29, 1.82) is 0 Å². The van der Waals surface area contributed by atoms with Gasteiger partial charge >= 0.3 is 5.97 Å². The topological polar surface area (TPSA) is 95.9 Å². The van der Waals surface area contributed by atoms with Gasteiger partial charge in [-0.25, -0.2) is 0 Å². The molecule has 0 aromatic rings. The van der Waals surface area contributed by atoms with Crippen molar-refractivity contribution in [3.8, 4) is 0 Å². The molecule has 1 unspecified atom stereocenters. The van der Waals surface area contributed by atoms with Crippen molar-refractivity contribution >= 4 is 11.9 Å². The first-order valence-electron chi connectivity index (χ1n) is 5.23. The fraction of sp³-hybridized carbons (Fsp3) is 0.800. The van der Waals surface area contributed by atoms with E-state index in [0.29, 0.717) is 19.4 Å². The monoisotopic (exact) mass is 231 g/mol. The number of carboxylic acids is 1. The van der Waals surface area contributed by atoms with Gasteiger partial charge in [0.25, 0.3) is 0 Å². The standard InChI is InChI=1S/C10H17NO5/c1-16-5-6(12)2-3-11-9(13)7-4-8(7)10(14)15/h6-8,12H,2-5H2,1H3,(H,11,13)(H,14,15)/t6?,7-,8+/m1/s1. The third-order valence-electron chi connectivity index (χ3n) is 2.58. The zero-order chi connectivity index (χ0) is 12.1. The summed E-state index contributed by atoms with van der Waals surface area (Å²) in [4.78, 5) is 21.9. The average Bonchev–Trinajstić information content (AvgIpc) is 2.97. The van der Waals surface area contributed by atoms with E-state index >= 15 is 0 Å². The van der Waals surface area contributed by atoms with E-state index in [4.69, 9.17) is 9.84 Å². The van der Waals surface area contributed by atoms with Crippen LogP contribution in [-0.4, -0.2) is 48.5 Å². The number of nitrogens with one attached hydrogen (secondary N) is 1. The highest BCUT2D eigenvalue weighted by molar-refractivity contribution is 5.89. The van der Waals surface area contributed by atoms with Gasteiger partial charge in [-0.05, 0) is 12.8 Å². The third-order valence-corrected chi connectivity index (χ3v) is 2.58. The zero-order valence-corrected chi connectivity index (χ0v) is 9.18. The van der Waals surface area contributed by atoms with Gasteiger partial charge in [0.1, 0.15) is 0 Å². The third kappa shape index (κ3) is 3.79. The second-order valence-corrected chi connectivity index (χ2v) is 3.98. The summed E-state index contributed by atoms with van der Waals surface area (Å²) in [6, 6.07) is 0. The molecule has 92 valence electrons. The van der Waals surface area contributed by atoms with Crippen LogP contribution in [0.5, 0.6) is 0 Å². The molecule has 6 heteroatoms. The van der Waals surface area contributed by atoms with Gasteiger partial charge in [-0.3, -0.25) is 9.59 Å². The van der Waals surface area contributed by atoms with Crippen LogP contribution in [0.15, 0.2) is 0 Å². The molecule has 16 heavy (non-hydrogen) atoms. The number of hydrogen-bond donors (Lipinski definition) is 3. The number of hydrogen-bond acceptors (Lipinski definition) is 4. The Morgan fingerprint density at radius 3 is 2.69 bits per heavy atom. The molecule has 1 aliphatic rings. The van der Waals surface area contributed by atoms with E-state index < -0.39 is 23.9 Å². The van der Waals surface area contributed by atoms with E-state index in [-0.39, 0.29) is 12.5 Å². The summed E-state index contributed by atoms with van der Waals surface area (Å²) in [5.41, 5.74) is 0. The lowest BCUT2D eigenvalue weighted by Gasteiger charge is -2.09. The second kappa shape index (κ2) is 5.81. The first-order valence-corrected chi connectivity index (χ1v) is 5.23. The molecule has 0 saturated heterocycles. The fourth-order valence-electron chi connectivity index (χ4n) is 1.53. The van der Waals surface area contributed by atoms with Crippen LogP contribution in [0.25, 0.3) is 0 Å². The number of amides is 1. The Labute approximate surface area is 93.6 Å². The maximum absolute atomic E-state index is 11.4. The van der Waals surface area contributed by atoms with Crippen LogP contribution in [-0.2, 0) is 14.3 Å². The zero-order valence-electron chi connectivity index (χ0n) is 9.18. The highest BCUT2D eigenvalue weighted by Crippen LogP contribution is 2.38. The van der Waals surface area contributed by atoms with E-state index in [1.807, 2.05) is 0 Å². The van der Waals surface area contributed by atoms with Crippen molar-refractivity contribution in [3.63, 3.8) is 0 Å². The Kier molecular flexibility index (Phi) is 4.70. The highest BCUT2D eigenvalue weighted by atomic mass is 16.5. The van der Waals surface area contributed by atoms with Crippen molar-refractivity contribution in [1.82, 2.24) is 5.32 Å². The van der Waals surface area contributed by atoms with Crippen molar-refractivity contribution in [2.45, 2.75) is 18.9 Å². The van der Waals surface area contributed by atoms with E-state index in [9.17, 15) is 14.7 Å². The number of methoxy groups -OCH3 is 1. The number of aliphatic carboxylic acids is 1. The predicted molar refractivity (Wildman–Crippen MR) is 54.7 cm³/mol. The SMILES string of the molecule is COCC(O)CCNC(=O)[C@@H]1C[C@@H]1C(=O)O. The Bertz CT molecular complexity index is 268. The molecule has 1 amide bonds. The van der Waals surface area contributed by atoms with E-state index in [0.717, 1.165) is 0 Å². The van der Waals surface area contributed by atoms with Gasteiger partial charge in [0, 0.05) is 13.7 Å². The molecule has 0 spiro atoms. The van der Waals surface area contributed by atoms with Crippen LogP contribution in [0.1, 0.15) is 12.8 Å². The number of aliphatic hydroxyl groups excluding tert-OH is 1. The lowest BCUT2D eigenvalue weighted by atomic mass is 10.2. The number of rotatable bonds is 7. The fourth-order valence-corrected chi connectivity index (χ4v) is 1.53. The minimum absolute atomic E-state index is 0.233. The Morgan fingerprint density at radius 2 is 2.19 bits per heavy atom.